The smallest absolute Gasteiger partial charge is 0.327 e. The lowest BCUT2D eigenvalue weighted by molar-refractivity contribution is -0.143. The zero-order valence-electron chi connectivity index (χ0n) is 12.2. The maximum absolute atomic E-state index is 12.6. The Hall–Kier alpha value is -2.93. The van der Waals surface area contributed by atoms with E-state index in [2.05, 4.69) is 0 Å². The van der Waals surface area contributed by atoms with Gasteiger partial charge in [-0.15, -0.1) is 0 Å². The number of ketones is 1. The highest BCUT2D eigenvalue weighted by molar-refractivity contribution is 6.10. The molecule has 0 aromatic heterocycles. The molecule has 0 heterocycles. The second-order valence-electron chi connectivity index (χ2n) is 4.60. The van der Waals surface area contributed by atoms with Crippen molar-refractivity contribution in [3.05, 3.63) is 71.3 Å². The molecule has 0 radical (unpaired) electrons. The fourth-order valence-corrected chi connectivity index (χ4v) is 2.18. The molecule has 4 nitrogen and oxygen atoms in total. The van der Waals surface area contributed by atoms with Gasteiger partial charge in [-0.3, -0.25) is 9.59 Å². The lowest BCUT2D eigenvalue weighted by Crippen LogP contribution is -2.17. The first-order chi connectivity index (χ1) is 10.7. The maximum atomic E-state index is 12.6. The number of rotatable bonds is 5. The van der Waals surface area contributed by atoms with Gasteiger partial charge in [0.1, 0.15) is 0 Å². The number of nitrogens with zero attached hydrogens (tertiary/aromatic N) is 1. The molecule has 2 aromatic rings. The molecule has 4 heteroatoms. The van der Waals surface area contributed by atoms with Crippen molar-refractivity contribution in [3.63, 3.8) is 0 Å². The van der Waals surface area contributed by atoms with Gasteiger partial charge in [0.25, 0.3) is 0 Å². The summed E-state index contributed by atoms with van der Waals surface area (Å²) in [5.41, 5.74) is 1.22. The van der Waals surface area contributed by atoms with Crippen LogP contribution in [0.5, 0.6) is 0 Å². The van der Waals surface area contributed by atoms with E-state index in [1.54, 1.807) is 55.5 Å². The molecule has 0 aliphatic rings. The van der Waals surface area contributed by atoms with Gasteiger partial charge in [0.15, 0.2) is 11.7 Å². The number of benzene rings is 2. The summed E-state index contributed by atoms with van der Waals surface area (Å²) in [4.78, 5) is 24.5. The molecule has 1 atom stereocenters. The van der Waals surface area contributed by atoms with Gasteiger partial charge in [0, 0.05) is 11.1 Å². The molecule has 110 valence electrons. The number of esters is 1. The first-order valence-corrected chi connectivity index (χ1v) is 6.94. The average molecular weight is 293 g/mol. The molecule has 0 aliphatic heterocycles. The molecule has 0 fully saturated rings. The van der Waals surface area contributed by atoms with Crippen LogP contribution in [0.3, 0.4) is 0 Å². The summed E-state index contributed by atoms with van der Waals surface area (Å²) in [6, 6.07) is 17.3. The molecular weight excluding hydrogens is 278 g/mol. The fourth-order valence-electron chi connectivity index (χ4n) is 2.18. The van der Waals surface area contributed by atoms with E-state index in [4.69, 9.17) is 4.74 Å². The third-order valence-corrected chi connectivity index (χ3v) is 3.20. The van der Waals surface area contributed by atoms with Crippen LogP contribution >= 0.6 is 0 Å². The highest BCUT2D eigenvalue weighted by atomic mass is 16.5. The molecule has 1 unspecified atom stereocenters. The normalized spacial score (nSPS) is 11.3. The standard InChI is InChI=1S/C18H15NO3/c1-2-22-18(21)16(12-19)14-10-6-7-11-15(14)17(20)13-8-4-3-5-9-13/h3-11,16H,2H2,1H3. The molecule has 0 N–H and O–H groups in total. The predicted molar refractivity (Wildman–Crippen MR) is 81.3 cm³/mol. The second kappa shape index (κ2) is 7.19. The van der Waals surface area contributed by atoms with Crippen LogP contribution in [0, 0.1) is 11.3 Å². The molecule has 0 amide bonds. The Labute approximate surface area is 129 Å². The van der Waals surface area contributed by atoms with E-state index in [1.165, 1.54) is 0 Å². The van der Waals surface area contributed by atoms with Gasteiger partial charge >= 0.3 is 5.97 Å². The van der Waals surface area contributed by atoms with E-state index in [9.17, 15) is 14.9 Å². The monoisotopic (exact) mass is 293 g/mol. The Morgan fingerprint density at radius 1 is 1.09 bits per heavy atom. The Balaban J connectivity index is 2.45. The Kier molecular flexibility index (Phi) is 5.05. The molecule has 0 spiro atoms. The van der Waals surface area contributed by atoms with E-state index >= 15 is 0 Å². The topological polar surface area (TPSA) is 67.2 Å². The molecule has 2 rings (SSSR count). The van der Waals surface area contributed by atoms with Gasteiger partial charge < -0.3 is 4.74 Å². The predicted octanol–water partition coefficient (Wildman–Crippen LogP) is 3.09. The summed E-state index contributed by atoms with van der Waals surface area (Å²) in [5, 5.41) is 9.29. The van der Waals surface area contributed by atoms with Crippen LogP contribution in [-0.4, -0.2) is 18.4 Å². The van der Waals surface area contributed by atoms with Crippen molar-refractivity contribution in [1.82, 2.24) is 0 Å². The van der Waals surface area contributed by atoms with Crippen molar-refractivity contribution >= 4 is 11.8 Å². The van der Waals surface area contributed by atoms with E-state index < -0.39 is 11.9 Å². The number of carbonyl (C=O) groups is 2. The van der Waals surface area contributed by atoms with Crippen molar-refractivity contribution in [3.8, 4) is 6.07 Å². The zero-order valence-corrected chi connectivity index (χ0v) is 12.2. The third kappa shape index (κ3) is 3.21. The molecule has 22 heavy (non-hydrogen) atoms. The SMILES string of the molecule is CCOC(=O)C(C#N)c1ccccc1C(=O)c1ccccc1. The van der Waals surface area contributed by atoms with Crippen molar-refractivity contribution in [2.75, 3.05) is 6.61 Å². The van der Waals surface area contributed by atoms with Crippen LogP contribution in [0.1, 0.15) is 34.3 Å². The molecule has 2 aromatic carbocycles. The Morgan fingerprint density at radius 3 is 2.36 bits per heavy atom. The minimum atomic E-state index is -1.11. The summed E-state index contributed by atoms with van der Waals surface area (Å²) < 4.78 is 4.92. The Morgan fingerprint density at radius 2 is 1.73 bits per heavy atom. The van der Waals surface area contributed by atoms with Crippen LogP contribution in [0.25, 0.3) is 0 Å². The maximum Gasteiger partial charge on any atom is 0.327 e. The summed E-state index contributed by atoms with van der Waals surface area (Å²) in [7, 11) is 0. The van der Waals surface area contributed by atoms with Crippen molar-refractivity contribution in [2.45, 2.75) is 12.8 Å². The van der Waals surface area contributed by atoms with Crippen molar-refractivity contribution in [2.24, 2.45) is 0 Å². The largest absolute Gasteiger partial charge is 0.465 e. The number of nitriles is 1. The van der Waals surface area contributed by atoms with Crippen LogP contribution in [-0.2, 0) is 9.53 Å². The van der Waals surface area contributed by atoms with Crippen molar-refractivity contribution < 1.29 is 14.3 Å². The zero-order chi connectivity index (χ0) is 15.9. The van der Waals surface area contributed by atoms with E-state index in [-0.39, 0.29) is 12.4 Å². The van der Waals surface area contributed by atoms with Gasteiger partial charge in [0.2, 0.25) is 0 Å². The Bertz CT molecular complexity index is 717. The fraction of sp³-hybridized carbons (Fsp3) is 0.167. The number of ether oxygens (including phenoxy) is 1. The molecule has 0 saturated heterocycles. The third-order valence-electron chi connectivity index (χ3n) is 3.20. The van der Waals surface area contributed by atoms with Gasteiger partial charge in [-0.2, -0.15) is 5.26 Å². The van der Waals surface area contributed by atoms with E-state index in [0.717, 1.165) is 0 Å². The van der Waals surface area contributed by atoms with Crippen LogP contribution in [0.15, 0.2) is 54.6 Å². The number of hydrogen-bond acceptors (Lipinski definition) is 4. The van der Waals surface area contributed by atoms with Crippen LogP contribution < -0.4 is 0 Å². The van der Waals surface area contributed by atoms with Crippen LogP contribution in [0.4, 0.5) is 0 Å². The summed E-state index contributed by atoms with van der Waals surface area (Å²) in [5.74, 6) is -1.97. The lowest BCUT2D eigenvalue weighted by Gasteiger charge is -2.13. The molecule has 0 bridgehead atoms. The highest BCUT2D eigenvalue weighted by Gasteiger charge is 2.26. The molecule has 0 saturated carbocycles. The van der Waals surface area contributed by atoms with Crippen molar-refractivity contribution in [1.29, 1.82) is 5.26 Å². The van der Waals surface area contributed by atoms with E-state index in [0.29, 0.717) is 16.7 Å². The van der Waals surface area contributed by atoms with Gasteiger partial charge in [-0.1, -0.05) is 54.6 Å². The number of hydrogen-bond donors (Lipinski definition) is 0. The quantitative estimate of drug-likeness (QED) is 0.627. The summed E-state index contributed by atoms with van der Waals surface area (Å²) in [6.07, 6.45) is 0. The molecular formula is C18H15NO3. The van der Waals surface area contributed by atoms with Gasteiger partial charge in [0.05, 0.1) is 12.7 Å². The lowest BCUT2D eigenvalue weighted by atomic mass is 9.91. The molecule has 0 aliphatic carbocycles. The second-order valence-corrected chi connectivity index (χ2v) is 4.60. The van der Waals surface area contributed by atoms with E-state index in [1.807, 2.05) is 12.1 Å². The van der Waals surface area contributed by atoms with Gasteiger partial charge in [-0.05, 0) is 12.5 Å². The van der Waals surface area contributed by atoms with Gasteiger partial charge in [-0.25, -0.2) is 0 Å². The minimum Gasteiger partial charge on any atom is -0.465 e. The first kappa shape index (κ1) is 15.5. The summed E-state index contributed by atoms with van der Waals surface area (Å²) in [6.45, 7) is 1.86. The average Bonchev–Trinajstić information content (AvgIpc) is 2.56. The minimum absolute atomic E-state index is 0.186. The highest BCUT2D eigenvalue weighted by Crippen LogP contribution is 2.23. The summed E-state index contributed by atoms with van der Waals surface area (Å²) >= 11 is 0. The number of carbonyl (C=O) groups excluding carboxylic acids is 2. The van der Waals surface area contributed by atoms with Crippen LogP contribution in [0.2, 0.25) is 0 Å². The first-order valence-electron chi connectivity index (χ1n) is 6.94.